The van der Waals surface area contributed by atoms with Gasteiger partial charge in [-0.2, -0.15) is 0 Å². The van der Waals surface area contributed by atoms with Crippen LogP contribution in [0.15, 0.2) is 48.7 Å². The van der Waals surface area contributed by atoms with E-state index in [0.717, 1.165) is 81.7 Å². The zero-order chi connectivity index (χ0) is 23.6. The van der Waals surface area contributed by atoms with Crippen molar-refractivity contribution in [3.05, 3.63) is 59.9 Å². The molecule has 6 rings (SSSR count). The monoisotopic (exact) mass is 474 g/mol. The lowest BCUT2D eigenvalue weighted by Gasteiger charge is -2.39. The van der Waals surface area contributed by atoms with E-state index in [9.17, 15) is 4.79 Å². The Balaban J connectivity index is 1.10. The van der Waals surface area contributed by atoms with Gasteiger partial charge in [0.1, 0.15) is 18.0 Å². The maximum atomic E-state index is 13.7. The van der Waals surface area contributed by atoms with Crippen molar-refractivity contribution in [2.75, 3.05) is 39.5 Å². The number of aromatic amines is 1. The van der Waals surface area contributed by atoms with Crippen LogP contribution in [0, 0.1) is 5.92 Å². The lowest BCUT2D eigenvalue weighted by atomic mass is 9.86. The number of hydrogen-bond acceptors (Lipinski definition) is 5. The first-order valence-electron chi connectivity index (χ1n) is 13.0. The molecule has 3 aromatic rings. The van der Waals surface area contributed by atoms with Gasteiger partial charge in [-0.3, -0.25) is 9.69 Å². The molecule has 1 amide bonds. The van der Waals surface area contributed by atoms with Crippen LogP contribution in [0.3, 0.4) is 0 Å². The van der Waals surface area contributed by atoms with Crippen LogP contribution in [0.25, 0.3) is 11.0 Å². The first-order chi connectivity index (χ1) is 17.2. The van der Waals surface area contributed by atoms with Gasteiger partial charge < -0.3 is 19.4 Å². The Kier molecular flexibility index (Phi) is 6.44. The van der Waals surface area contributed by atoms with Gasteiger partial charge in [0, 0.05) is 49.0 Å². The number of nitrogens with one attached hydrogen (secondary N) is 1. The average molecular weight is 475 g/mol. The normalized spacial score (nSPS) is 24.7. The number of H-pyrrole nitrogens is 1. The van der Waals surface area contributed by atoms with Crippen molar-refractivity contribution in [1.29, 1.82) is 0 Å². The van der Waals surface area contributed by atoms with Crippen molar-refractivity contribution < 1.29 is 14.3 Å². The summed E-state index contributed by atoms with van der Waals surface area (Å²) in [4.78, 5) is 26.3. The van der Waals surface area contributed by atoms with Crippen LogP contribution in [0.2, 0.25) is 0 Å². The topological polar surface area (TPSA) is 70.7 Å². The summed E-state index contributed by atoms with van der Waals surface area (Å²) in [6.45, 7) is 4.88. The van der Waals surface area contributed by atoms with E-state index in [1.54, 1.807) is 0 Å². The van der Waals surface area contributed by atoms with Crippen molar-refractivity contribution in [3.8, 4) is 5.75 Å². The molecule has 0 radical (unpaired) electrons. The molecule has 2 atom stereocenters. The van der Waals surface area contributed by atoms with Gasteiger partial charge in [0.2, 0.25) is 0 Å². The average Bonchev–Trinajstić information content (AvgIpc) is 3.46. The summed E-state index contributed by atoms with van der Waals surface area (Å²) in [6, 6.07) is 14.7. The van der Waals surface area contributed by atoms with Gasteiger partial charge in [0.15, 0.2) is 0 Å². The fourth-order valence-corrected chi connectivity index (χ4v) is 6.19. The number of pyridine rings is 1. The summed E-state index contributed by atoms with van der Waals surface area (Å²) in [6.07, 6.45) is 7.20. The van der Waals surface area contributed by atoms with Gasteiger partial charge >= 0.3 is 0 Å². The number of piperidine rings is 1. The molecule has 184 valence electrons. The number of carbonyl (C=O) groups excluding carboxylic acids is 1. The number of para-hydroxylation sites is 1. The molecular formula is C28H34N4O3. The van der Waals surface area contributed by atoms with E-state index in [-0.39, 0.29) is 5.91 Å². The van der Waals surface area contributed by atoms with E-state index < -0.39 is 0 Å². The van der Waals surface area contributed by atoms with E-state index in [2.05, 4.69) is 33.0 Å². The third-order valence-electron chi connectivity index (χ3n) is 7.92. The zero-order valence-electron chi connectivity index (χ0n) is 20.2. The number of aromatic nitrogens is 2. The molecule has 0 spiro atoms. The second-order valence-electron chi connectivity index (χ2n) is 10.2. The van der Waals surface area contributed by atoms with Crippen LogP contribution in [0.5, 0.6) is 5.75 Å². The minimum absolute atomic E-state index is 0.129. The molecule has 3 saturated heterocycles. The highest BCUT2D eigenvalue weighted by atomic mass is 16.5. The third kappa shape index (κ3) is 4.80. The summed E-state index contributed by atoms with van der Waals surface area (Å²) in [5, 5.41) is 1.15. The van der Waals surface area contributed by atoms with Crippen LogP contribution in [0.4, 0.5) is 0 Å². The second kappa shape index (κ2) is 9.99. The molecule has 2 bridgehead atoms. The number of ether oxygens (including phenoxy) is 2. The number of morpholine rings is 1. The van der Waals surface area contributed by atoms with Crippen LogP contribution in [-0.2, 0) is 11.2 Å². The Hall–Kier alpha value is -2.90. The highest BCUT2D eigenvalue weighted by molar-refractivity contribution is 5.97. The van der Waals surface area contributed by atoms with Crippen molar-refractivity contribution in [2.45, 2.75) is 44.2 Å². The summed E-state index contributed by atoms with van der Waals surface area (Å²) >= 11 is 0. The molecule has 7 nitrogen and oxygen atoms in total. The van der Waals surface area contributed by atoms with Crippen LogP contribution in [0.1, 0.15) is 41.7 Å². The Morgan fingerprint density at radius 3 is 2.69 bits per heavy atom. The molecule has 2 aromatic heterocycles. The Morgan fingerprint density at radius 1 is 1.06 bits per heavy atom. The molecule has 2 unspecified atom stereocenters. The SMILES string of the molecule is O=C(c1ccccc1OCCN1CCOCC1)N1C2CCC1CC(Cc1ccc3cc[nH]c3n1)C2. The first-order valence-corrected chi connectivity index (χ1v) is 13.0. The van der Waals surface area contributed by atoms with Crippen molar-refractivity contribution >= 4 is 16.9 Å². The Labute approximate surface area is 206 Å². The van der Waals surface area contributed by atoms with Gasteiger partial charge in [-0.15, -0.1) is 0 Å². The van der Waals surface area contributed by atoms with Gasteiger partial charge in [0.25, 0.3) is 5.91 Å². The van der Waals surface area contributed by atoms with Crippen LogP contribution < -0.4 is 4.74 Å². The van der Waals surface area contributed by atoms with Gasteiger partial charge in [0.05, 0.1) is 18.8 Å². The fourth-order valence-electron chi connectivity index (χ4n) is 6.19. The summed E-state index contributed by atoms with van der Waals surface area (Å²) in [5.41, 5.74) is 2.80. The van der Waals surface area contributed by atoms with E-state index >= 15 is 0 Å². The Bertz CT molecular complexity index is 1160. The quantitative estimate of drug-likeness (QED) is 0.562. The van der Waals surface area contributed by atoms with Crippen molar-refractivity contribution in [2.24, 2.45) is 5.92 Å². The molecule has 1 N–H and O–H groups in total. The van der Waals surface area contributed by atoms with Gasteiger partial charge in [-0.25, -0.2) is 4.98 Å². The lowest BCUT2D eigenvalue weighted by molar-refractivity contribution is 0.0320. The maximum absolute atomic E-state index is 13.7. The zero-order valence-corrected chi connectivity index (χ0v) is 20.2. The number of fused-ring (bicyclic) bond motifs is 3. The second-order valence-corrected chi connectivity index (χ2v) is 10.2. The van der Waals surface area contributed by atoms with Crippen LogP contribution in [-0.4, -0.2) is 77.2 Å². The van der Waals surface area contributed by atoms with Crippen molar-refractivity contribution in [1.82, 2.24) is 19.8 Å². The molecular weight excluding hydrogens is 440 g/mol. The predicted octanol–water partition coefficient (Wildman–Crippen LogP) is 3.90. The van der Waals surface area contributed by atoms with Gasteiger partial charge in [-0.1, -0.05) is 12.1 Å². The molecule has 7 heteroatoms. The van der Waals surface area contributed by atoms with Crippen LogP contribution >= 0.6 is 0 Å². The van der Waals surface area contributed by atoms with Crippen molar-refractivity contribution in [3.63, 3.8) is 0 Å². The molecule has 35 heavy (non-hydrogen) atoms. The number of nitrogens with zero attached hydrogens (tertiary/aromatic N) is 3. The Morgan fingerprint density at radius 2 is 1.86 bits per heavy atom. The molecule has 5 heterocycles. The van der Waals surface area contributed by atoms with E-state index in [1.807, 2.05) is 30.5 Å². The number of hydrogen-bond donors (Lipinski definition) is 1. The molecule has 0 aliphatic carbocycles. The van der Waals surface area contributed by atoms with E-state index in [0.29, 0.717) is 35.9 Å². The molecule has 3 aliphatic rings. The maximum Gasteiger partial charge on any atom is 0.258 e. The highest BCUT2D eigenvalue weighted by Gasteiger charge is 2.43. The third-order valence-corrected chi connectivity index (χ3v) is 7.92. The molecule has 3 fully saturated rings. The number of benzene rings is 1. The van der Waals surface area contributed by atoms with E-state index in [1.165, 1.54) is 0 Å². The smallest absolute Gasteiger partial charge is 0.258 e. The fraction of sp³-hybridized carbons (Fsp3) is 0.500. The molecule has 1 aromatic carbocycles. The molecule has 3 aliphatic heterocycles. The lowest BCUT2D eigenvalue weighted by Crippen LogP contribution is -2.47. The number of amides is 1. The number of rotatable bonds is 7. The predicted molar refractivity (Wildman–Crippen MR) is 135 cm³/mol. The minimum atomic E-state index is 0.129. The summed E-state index contributed by atoms with van der Waals surface area (Å²) in [5.74, 6) is 1.40. The summed E-state index contributed by atoms with van der Waals surface area (Å²) in [7, 11) is 0. The molecule has 0 saturated carbocycles. The number of carbonyl (C=O) groups is 1. The minimum Gasteiger partial charge on any atom is -0.491 e. The highest BCUT2D eigenvalue weighted by Crippen LogP contribution is 2.41. The van der Waals surface area contributed by atoms with E-state index in [4.69, 9.17) is 14.5 Å². The summed E-state index contributed by atoms with van der Waals surface area (Å²) < 4.78 is 11.6. The standard InChI is InChI=1S/C28H34N4O3/c33-28(25-3-1-2-4-26(25)35-16-13-31-11-14-34-15-12-31)32-23-7-8-24(32)19-20(18-23)17-22-6-5-21-9-10-29-27(21)30-22/h1-6,9-10,20,23-24H,7-8,11-19H2,(H,29,30). The van der Waals surface area contributed by atoms with Gasteiger partial charge in [-0.05, 0) is 68.4 Å². The largest absolute Gasteiger partial charge is 0.491 e. The first kappa shape index (κ1) is 22.6.